The average Bonchev–Trinajstić information content (AvgIpc) is 2.79. The van der Waals surface area contributed by atoms with E-state index >= 15 is 0 Å². The van der Waals surface area contributed by atoms with Gasteiger partial charge in [0.1, 0.15) is 11.6 Å². The van der Waals surface area contributed by atoms with Gasteiger partial charge in [0, 0.05) is 24.3 Å². The van der Waals surface area contributed by atoms with Crippen LogP contribution in [0, 0.1) is 12.7 Å². The first-order valence-corrected chi connectivity index (χ1v) is 9.69. The lowest BCUT2D eigenvalue weighted by molar-refractivity contribution is 0.102. The van der Waals surface area contributed by atoms with E-state index in [1.54, 1.807) is 13.2 Å². The molecule has 0 aliphatic heterocycles. The maximum absolute atomic E-state index is 13.6. The molecule has 2 N–H and O–H groups in total. The zero-order valence-electron chi connectivity index (χ0n) is 17.4. The molecule has 0 atom stereocenters. The number of carbonyl (C=O) groups is 1. The Kier molecular flexibility index (Phi) is 5.49. The van der Waals surface area contributed by atoms with Crippen LogP contribution in [0.25, 0.3) is 22.0 Å². The summed E-state index contributed by atoms with van der Waals surface area (Å²) in [4.78, 5) is 21.5. The fourth-order valence-corrected chi connectivity index (χ4v) is 3.39. The molecule has 0 spiro atoms. The van der Waals surface area contributed by atoms with Gasteiger partial charge in [-0.3, -0.25) is 4.79 Å². The second-order valence-corrected chi connectivity index (χ2v) is 7.05. The van der Waals surface area contributed by atoms with Crippen LogP contribution in [-0.2, 0) is 0 Å². The van der Waals surface area contributed by atoms with Crippen LogP contribution in [0.5, 0.6) is 5.75 Å². The Morgan fingerprint density at radius 3 is 2.68 bits per heavy atom. The highest BCUT2D eigenvalue weighted by molar-refractivity contribution is 6.06. The molecule has 0 fully saturated rings. The summed E-state index contributed by atoms with van der Waals surface area (Å²) in [6.07, 6.45) is 1.77. The Hall–Kier alpha value is -4.00. The van der Waals surface area contributed by atoms with Crippen LogP contribution in [0.3, 0.4) is 0 Å². The number of carbonyl (C=O) groups excluding carboxylic acids is 1. The molecule has 4 rings (SSSR count). The SMILES string of the molecule is CNc1ncc2cc(-c3cc(NC(=O)c4cc(F)ccc4OC)ccc3C)ccc2n1. The number of benzene rings is 3. The predicted octanol–water partition coefficient (Wildman–Crippen LogP) is 5.05. The third kappa shape index (κ3) is 4.16. The molecule has 156 valence electrons. The van der Waals surface area contributed by atoms with Gasteiger partial charge in [-0.05, 0) is 66.1 Å². The molecule has 0 aliphatic rings. The number of rotatable bonds is 5. The van der Waals surface area contributed by atoms with E-state index in [1.165, 1.54) is 19.2 Å². The van der Waals surface area contributed by atoms with Gasteiger partial charge >= 0.3 is 0 Å². The number of halogens is 1. The number of methoxy groups -OCH3 is 1. The second-order valence-electron chi connectivity index (χ2n) is 7.05. The van der Waals surface area contributed by atoms with Crippen LogP contribution in [0.2, 0.25) is 0 Å². The molecule has 1 heterocycles. The van der Waals surface area contributed by atoms with Gasteiger partial charge in [-0.2, -0.15) is 0 Å². The Morgan fingerprint density at radius 2 is 1.90 bits per heavy atom. The Bertz CT molecular complexity index is 1290. The number of aryl methyl sites for hydroxylation is 1. The summed E-state index contributed by atoms with van der Waals surface area (Å²) in [6.45, 7) is 2.00. The highest BCUT2D eigenvalue weighted by atomic mass is 19.1. The van der Waals surface area contributed by atoms with Gasteiger partial charge in [0.15, 0.2) is 0 Å². The average molecular weight is 416 g/mol. The van der Waals surface area contributed by atoms with Crippen molar-refractivity contribution in [3.63, 3.8) is 0 Å². The van der Waals surface area contributed by atoms with Crippen molar-refractivity contribution >= 4 is 28.4 Å². The summed E-state index contributed by atoms with van der Waals surface area (Å²) in [5, 5.41) is 6.67. The minimum atomic E-state index is -0.504. The van der Waals surface area contributed by atoms with Crippen LogP contribution in [0.15, 0.2) is 60.8 Å². The minimum absolute atomic E-state index is 0.132. The van der Waals surface area contributed by atoms with Crippen molar-refractivity contribution in [2.75, 3.05) is 24.8 Å². The number of aromatic nitrogens is 2. The van der Waals surface area contributed by atoms with Gasteiger partial charge in [-0.15, -0.1) is 0 Å². The number of fused-ring (bicyclic) bond motifs is 1. The topological polar surface area (TPSA) is 76.1 Å². The predicted molar refractivity (Wildman–Crippen MR) is 120 cm³/mol. The summed E-state index contributed by atoms with van der Waals surface area (Å²) in [6, 6.07) is 15.4. The fraction of sp³-hybridized carbons (Fsp3) is 0.125. The van der Waals surface area contributed by atoms with E-state index in [4.69, 9.17) is 4.74 Å². The van der Waals surface area contributed by atoms with Crippen molar-refractivity contribution in [3.05, 3.63) is 77.7 Å². The molecule has 0 unspecified atom stereocenters. The molecule has 4 aromatic rings. The molecule has 1 aromatic heterocycles. The standard InChI is InChI=1S/C24H21FN4O2/c1-14-4-7-18(28-23(30)20-11-17(25)6-9-22(20)31-3)12-19(14)15-5-8-21-16(10-15)13-27-24(26-2)29-21/h4-13H,1-3H3,(H,28,30)(H,26,27,29). The van der Waals surface area contributed by atoms with E-state index < -0.39 is 11.7 Å². The van der Waals surface area contributed by atoms with Crippen LogP contribution in [0.4, 0.5) is 16.0 Å². The lowest BCUT2D eigenvalue weighted by Gasteiger charge is -2.13. The Labute approximate surface area is 179 Å². The number of anilines is 2. The molecule has 1 amide bonds. The lowest BCUT2D eigenvalue weighted by atomic mass is 9.98. The quantitative estimate of drug-likeness (QED) is 0.476. The van der Waals surface area contributed by atoms with Gasteiger partial charge in [0.25, 0.3) is 5.91 Å². The van der Waals surface area contributed by atoms with Gasteiger partial charge in [0.05, 0.1) is 18.2 Å². The molecule has 0 saturated carbocycles. The van der Waals surface area contributed by atoms with Gasteiger partial charge < -0.3 is 15.4 Å². The van der Waals surface area contributed by atoms with Crippen molar-refractivity contribution in [1.29, 1.82) is 0 Å². The van der Waals surface area contributed by atoms with E-state index in [2.05, 4.69) is 20.6 Å². The highest BCUT2D eigenvalue weighted by Gasteiger charge is 2.15. The van der Waals surface area contributed by atoms with E-state index in [0.29, 0.717) is 17.4 Å². The molecule has 7 heteroatoms. The van der Waals surface area contributed by atoms with Crippen LogP contribution >= 0.6 is 0 Å². The van der Waals surface area contributed by atoms with E-state index in [-0.39, 0.29) is 5.56 Å². The van der Waals surface area contributed by atoms with Crippen LogP contribution in [0.1, 0.15) is 15.9 Å². The summed E-state index contributed by atoms with van der Waals surface area (Å²) in [7, 11) is 3.22. The lowest BCUT2D eigenvalue weighted by Crippen LogP contribution is -2.13. The molecule has 0 radical (unpaired) electrons. The fourth-order valence-electron chi connectivity index (χ4n) is 3.39. The second kappa shape index (κ2) is 8.39. The van der Waals surface area contributed by atoms with E-state index in [1.807, 2.05) is 43.3 Å². The highest BCUT2D eigenvalue weighted by Crippen LogP contribution is 2.30. The maximum atomic E-state index is 13.6. The smallest absolute Gasteiger partial charge is 0.259 e. The van der Waals surface area contributed by atoms with Crippen molar-refractivity contribution in [2.24, 2.45) is 0 Å². The molecule has 6 nitrogen and oxygen atoms in total. The van der Waals surface area contributed by atoms with Gasteiger partial charge in [-0.25, -0.2) is 14.4 Å². The van der Waals surface area contributed by atoms with Crippen molar-refractivity contribution in [2.45, 2.75) is 6.92 Å². The maximum Gasteiger partial charge on any atom is 0.259 e. The third-order valence-corrected chi connectivity index (χ3v) is 5.02. The molecular weight excluding hydrogens is 395 g/mol. The summed E-state index contributed by atoms with van der Waals surface area (Å²) in [5.41, 5.74) is 4.55. The number of ether oxygens (including phenoxy) is 1. The molecule has 3 aromatic carbocycles. The van der Waals surface area contributed by atoms with E-state index in [0.717, 1.165) is 33.7 Å². The Balaban J connectivity index is 1.67. The summed E-state index contributed by atoms with van der Waals surface area (Å²) >= 11 is 0. The molecule has 0 aliphatic carbocycles. The number of amides is 1. The molecule has 0 saturated heterocycles. The largest absolute Gasteiger partial charge is 0.496 e. The first-order chi connectivity index (χ1) is 15.0. The number of nitrogens with one attached hydrogen (secondary N) is 2. The first-order valence-electron chi connectivity index (χ1n) is 9.69. The van der Waals surface area contributed by atoms with Crippen LogP contribution in [-0.4, -0.2) is 30.0 Å². The van der Waals surface area contributed by atoms with E-state index in [9.17, 15) is 9.18 Å². The summed E-state index contributed by atoms with van der Waals surface area (Å²) in [5.74, 6) is -0.0800. The zero-order chi connectivity index (χ0) is 22.0. The molecular formula is C24H21FN4O2. The van der Waals surface area contributed by atoms with Gasteiger partial charge in [-0.1, -0.05) is 12.1 Å². The first kappa shape index (κ1) is 20.3. The van der Waals surface area contributed by atoms with Crippen molar-refractivity contribution in [3.8, 4) is 16.9 Å². The van der Waals surface area contributed by atoms with Gasteiger partial charge in [0.2, 0.25) is 5.95 Å². The summed E-state index contributed by atoms with van der Waals surface area (Å²) < 4.78 is 18.8. The van der Waals surface area contributed by atoms with Crippen LogP contribution < -0.4 is 15.4 Å². The third-order valence-electron chi connectivity index (χ3n) is 5.02. The zero-order valence-corrected chi connectivity index (χ0v) is 17.4. The Morgan fingerprint density at radius 1 is 1.06 bits per heavy atom. The molecule has 31 heavy (non-hydrogen) atoms. The monoisotopic (exact) mass is 416 g/mol. The van der Waals surface area contributed by atoms with Crippen molar-refractivity contribution < 1.29 is 13.9 Å². The molecule has 0 bridgehead atoms. The number of hydrogen-bond acceptors (Lipinski definition) is 5. The minimum Gasteiger partial charge on any atom is -0.496 e. The number of nitrogens with zero attached hydrogens (tertiary/aromatic N) is 2. The number of hydrogen-bond donors (Lipinski definition) is 2. The normalized spacial score (nSPS) is 10.7. The van der Waals surface area contributed by atoms with Crippen molar-refractivity contribution in [1.82, 2.24) is 9.97 Å².